The molecule has 0 aromatic heterocycles. The van der Waals surface area contributed by atoms with E-state index in [0.717, 1.165) is 6.42 Å². The number of nitrogens with one attached hydrogen (secondary N) is 2. The Morgan fingerprint density at radius 3 is 3.05 bits per heavy atom. The number of nitrogens with two attached hydrogens (primary N) is 1. The van der Waals surface area contributed by atoms with Crippen LogP contribution >= 0.6 is 0 Å². The smallest absolute Gasteiger partial charge is 0.262 e. The molecule has 20 heavy (non-hydrogen) atoms. The summed E-state index contributed by atoms with van der Waals surface area (Å²) in [5.41, 5.74) is 7.20. The predicted octanol–water partition coefficient (Wildman–Crippen LogP) is 0.717. The molecule has 1 aromatic carbocycles. The van der Waals surface area contributed by atoms with Gasteiger partial charge >= 0.3 is 0 Å². The van der Waals surface area contributed by atoms with Gasteiger partial charge in [0.05, 0.1) is 17.1 Å². The van der Waals surface area contributed by atoms with Crippen LogP contribution in [-0.4, -0.2) is 31.1 Å². The van der Waals surface area contributed by atoms with Crippen molar-refractivity contribution in [3.05, 3.63) is 12.1 Å². The summed E-state index contributed by atoms with van der Waals surface area (Å²) in [6.07, 6.45) is 1.15. The summed E-state index contributed by atoms with van der Waals surface area (Å²) in [7, 11) is 0. The average Bonchev–Trinajstić information content (AvgIpc) is 2.94. The van der Waals surface area contributed by atoms with E-state index in [9.17, 15) is 9.59 Å². The first-order chi connectivity index (χ1) is 9.63. The van der Waals surface area contributed by atoms with Gasteiger partial charge < -0.3 is 25.8 Å². The summed E-state index contributed by atoms with van der Waals surface area (Å²) in [6, 6.07) is 3.18. The standard InChI is InChI=1S/C13H15N3O4/c14-7-4-11-9(15-12(17)6-20-11)5-8(7)16-13(18)10-2-1-3-19-10/h4-5,10H,1-3,6,14H2,(H,15,17)(H,16,18). The minimum absolute atomic E-state index is 0.0337. The van der Waals surface area contributed by atoms with Crippen LogP contribution in [0.3, 0.4) is 0 Å². The third-order valence-electron chi connectivity index (χ3n) is 3.26. The van der Waals surface area contributed by atoms with Gasteiger partial charge in [-0.3, -0.25) is 9.59 Å². The Labute approximate surface area is 115 Å². The normalized spacial score (nSPS) is 20.8. The van der Waals surface area contributed by atoms with E-state index in [1.165, 1.54) is 0 Å². The summed E-state index contributed by atoms with van der Waals surface area (Å²) in [5.74, 6) is 0.0353. The second-order valence-corrected chi connectivity index (χ2v) is 4.76. The maximum atomic E-state index is 12.0. The lowest BCUT2D eigenvalue weighted by Crippen LogP contribution is -2.28. The van der Waals surface area contributed by atoms with Crippen LogP contribution in [0.4, 0.5) is 17.1 Å². The quantitative estimate of drug-likeness (QED) is 0.691. The van der Waals surface area contributed by atoms with Gasteiger partial charge in [0.25, 0.3) is 11.8 Å². The highest BCUT2D eigenvalue weighted by molar-refractivity contribution is 6.01. The molecule has 0 saturated carbocycles. The Balaban J connectivity index is 1.80. The minimum atomic E-state index is -0.434. The van der Waals surface area contributed by atoms with Crippen molar-refractivity contribution in [3.8, 4) is 5.75 Å². The molecule has 2 amide bonds. The van der Waals surface area contributed by atoms with E-state index in [-0.39, 0.29) is 18.4 Å². The first-order valence-electron chi connectivity index (χ1n) is 6.42. The summed E-state index contributed by atoms with van der Waals surface area (Å²) in [4.78, 5) is 23.3. The molecule has 2 heterocycles. The first kappa shape index (κ1) is 12.7. The molecule has 7 nitrogen and oxygen atoms in total. The van der Waals surface area contributed by atoms with E-state index in [4.69, 9.17) is 15.2 Å². The Morgan fingerprint density at radius 1 is 1.45 bits per heavy atom. The van der Waals surface area contributed by atoms with Crippen molar-refractivity contribution in [1.82, 2.24) is 0 Å². The van der Waals surface area contributed by atoms with Gasteiger partial charge in [-0.25, -0.2) is 0 Å². The topological polar surface area (TPSA) is 103 Å². The van der Waals surface area contributed by atoms with Crippen LogP contribution in [-0.2, 0) is 14.3 Å². The van der Waals surface area contributed by atoms with Gasteiger partial charge in [-0.2, -0.15) is 0 Å². The lowest BCUT2D eigenvalue weighted by molar-refractivity contribution is -0.124. The highest BCUT2D eigenvalue weighted by Crippen LogP contribution is 2.35. The van der Waals surface area contributed by atoms with Gasteiger partial charge in [0.1, 0.15) is 11.9 Å². The second kappa shape index (κ2) is 5.01. The number of amides is 2. The Hall–Kier alpha value is -2.28. The third-order valence-corrected chi connectivity index (χ3v) is 3.26. The zero-order chi connectivity index (χ0) is 14.1. The number of nitrogen functional groups attached to an aromatic ring is 1. The Bertz CT molecular complexity index is 567. The molecule has 0 bridgehead atoms. The molecule has 2 aliphatic rings. The molecular weight excluding hydrogens is 262 g/mol. The lowest BCUT2D eigenvalue weighted by atomic mass is 10.2. The largest absolute Gasteiger partial charge is 0.482 e. The molecule has 0 spiro atoms. The molecule has 1 aromatic rings. The Kier molecular flexibility index (Phi) is 3.19. The fraction of sp³-hybridized carbons (Fsp3) is 0.385. The Morgan fingerprint density at radius 2 is 2.30 bits per heavy atom. The molecule has 1 unspecified atom stereocenters. The fourth-order valence-corrected chi connectivity index (χ4v) is 2.25. The first-order valence-corrected chi connectivity index (χ1v) is 6.42. The van der Waals surface area contributed by atoms with Crippen LogP contribution < -0.4 is 21.1 Å². The summed E-state index contributed by atoms with van der Waals surface area (Å²) in [5, 5.41) is 5.39. The van der Waals surface area contributed by atoms with E-state index >= 15 is 0 Å². The molecule has 1 saturated heterocycles. The number of carbonyl (C=O) groups excluding carboxylic acids is 2. The number of benzene rings is 1. The van der Waals surface area contributed by atoms with Crippen molar-refractivity contribution >= 4 is 28.9 Å². The zero-order valence-electron chi connectivity index (χ0n) is 10.8. The van der Waals surface area contributed by atoms with Gasteiger partial charge in [-0.1, -0.05) is 0 Å². The number of anilines is 3. The number of carbonyl (C=O) groups is 2. The summed E-state index contributed by atoms with van der Waals surface area (Å²) < 4.78 is 10.6. The monoisotopic (exact) mass is 277 g/mol. The fourth-order valence-electron chi connectivity index (χ4n) is 2.25. The number of hydrogen-bond donors (Lipinski definition) is 3. The molecule has 1 fully saturated rings. The zero-order valence-corrected chi connectivity index (χ0v) is 10.8. The van der Waals surface area contributed by atoms with E-state index in [0.29, 0.717) is 35.8 Å². The van der Waals surface area contributed by atoms with Gasteiger partial charge in [-0.05, 0) is 18.9 Å². The molecule has 1 atom stereocenters. The van der Waals surface area contributed by atoms with Crippen molar-refractivity contribution in [2.45, 2.75) is 18.9 Å². The van der Waals surface area contributed by atoms with Crippen LogP contribution in [0.5, 0.6) is 5.75 Å². The molecule has 3 rings (SSSR count). The molecule has 106 valence electrons. The lowest BCUT2D eigenvalue weighted by Gasteiger charge is -2.20. The van der Waals surface area contributed by atoms with Crippen molar-refractivity contribution in [2.24, 2.45) is 0 Å². The van der Waals surface area contributed by atoms with Gasteiger partial charge in [-0.15, -0.1) is 0 Å². The van der Waals surface area contributed by atoms with Crippen molar-refractivity contribution < 1.29 is 19.1 Å². The van der Waals surface area contributed by atoms with Crippen molar-refractivity contribution in [3.63, 3.8) is 0 Å². The van der Waals surface area contributed by atoms with E-state index in [2.05, 4.69) is 10.6 Å². The highest BCUT2D eigenvalue weighted by atomic mass is 16.5. The maximum Gasteiger partial charge on any atom is 0.262 e. The van der Waals surface area contributed by atoms with E-state index in [1.807, 2.05) is 0 Å². The molecule has 4 N–H and O–H groups in total. The van der Waals surface area contributed by atoms with E-state index in [1.54, 1.807) is 12.1 Å². The number of rotatable bonds is 2. The highest BCUT2D eigenvalue weighted by Gasteiger charge is 2.25. The van der Waals surface area contributed by atoms with Crippen LogP contribution in [0.2, 0.25) is 0 Å². The number of hydrogen-bond acceptors (Lipinski definition) is 5. The summed E-state index contributed by atoms with van der Waals surface area (Å²) in [6.45, 7) is 0.565. The van der Waals surface area contributed by atoms with E-state index < -0.39 is 6.10 Å². The number of ether oxygens (including phenoxy) is 2. The van der Waals surface area contributed by atoms with Crippen LogP contribution in [0, 0.1) is 0 Å². The minimum Gasteiger partial charge on any atom is -0.482 e. The molecule has 0 radical (unpaired) electrons. The van der Waals surface area contributed by atoms with Crippen LogP contribution in [0.15, 0.2) is 12.1 Å². The maximum absolute atomic E-state index is 12.0. The van der Waals surface area contributed by atoms with Crippen molar-refractivity contribution in [1.29, 1.82) is 0 Å². The average molecular weight is 277 g/mol. The molecule has 2 aliphatic heterocycles. The molecule has 7 heteroatoms. The van der Waals surface area contributed by atoms with Crippen LogP contribution in [0.1, 0.15) is 12.8 Å². The van der Waals surface area contributed by atoms with Gasteiger partial charge in [0.2, 0.25) is 0 Å². The van der Waals surface area contributed by atoms with Gasteiger partial charge in [0.15, 0.2) is 6.61 Å². The predicted molar refractivity (Wildman–Crippen MR) is 72.6 cm³/mol. The summed E-state index contributed by atoms with van der Waals surface area (Å²) >= 11 is 0. The van der Waals surface area contributed by atoms with Crippen LogP contribution in [0.25, 0.3) is 0 Å². The second-order valence-electron chi connectivity index (χ2n) is 4.76. The SMILES string of the molecule is Nc1cc2c(cc1NC(=O)C1CCCO1)NC(=O)CO2. The molecule has 0 aliphatic carbocycles. The third kappa shape index (κ3) is 2.39. The van der Waals surface area contributed by atoms with Crippen molar-refractivity contribution in [2.75, 3.05) is 29.6 Å². The van der Waals surface area contributed by atoms with Gasteiger partial charge in [0, 0.05) is 12.7 Å². The molecular formula is C13H15N3O4. The number of fused-ring (bicyclic) bond motifs is 1.